The third-order valence-electron chi connectivity index (χ3n) is 2.84. The first kappa shape index (κ1) is 11.7. The smallest absolute Gasteiger partial charge is 0.130 e. The summed E-state index contributed by atoms with van der Waals surface area (Å²) in [6.07, 6.45) is 3.72. The molecule has 0 saturated heterocycles. The summed E-state index contributed by atoms with van der Waals surface area (Å²) in [6.45, 7) is 2.95. The lowest BCUT2D eigenvalue weighted by atomic mass is 10.1. The van der Waals surface area contributed by atoms with Crippen LogP contribution in [0, 0.1) is 0 Å². The van der Waals surface area contributed by atoms with E-state index >= 15 is 0 Å². The molecule has 0 amide bonds. The Morgan fingerprint density at radius 2 is 2.06 bits per heavy atom. The number of rotatable bonds is 4. The van der Waals surface area contributed by atoms with Gasteiger partial charge in [0.1, 0.15) is 11.6 Å². The van der Waals surface area contributed by atoms with Crippen LogP contribution >= 0.6 is 0 Å². The minimum atomic E-state index is -0.198. The van der Waals surface area contributed by atoms with Crippen molar-refractivity contribution in [3.8, 4) is 5.75 Å². The van der Waals surface area contributed by atoms with Gasteiger partial charge in [0.05, 0.1) is 13.2 Å². The standard InChI is InChI=1S/C13H17N3O/c1-3-16-9-8-15-13(16)12(14)10-4-6-11(17-2)7-5-10/h4-9,12H,3,14H2,1-2H3. The van der Waals surface area contributed by atoms with Crippen molar-refractivity contribution in [3.05, 3.63) is 48.0 Å². The molecule has 0 spiro atoms. The molecule has 1 unspecified atom stereocenters. The minimum Gasteiger partial charge on any atom is -0.497 e. The molecule has 2 aromatic rings. The lowest BCUT2D eigenvalue weighted by molar-refractivity contribution is 0.414. The fourth-order valence-corrected chi connectivity index (χ4v) is 1.83. The van der Waals surface area contributed by atoms with E-state index in [9.17, 15) is 0 Å². The maximum atomic E-state index is 6.20. The Bertz CT molecular complexity index is 476. The lowest BCUT2D eigenvalue weighted by Gasteiger charge is -2.13. The molecule has 0 aliphatic heterocycles. The maximum absolute atomic E-state index is 6.20. The van der Waals surface area contributed by atoms with Gasteiger partial charge in [-0.25, -0.2) is 4.98 Å². The SMILES string of the molecule is CCn1ccnc1C(N)c1ccc(OC)cc1. The number of nitrogens with two attached hydrogens (primary N) is 1. The van der Waals surface area contributed by atoms with Crippen LogP contribution < -0.4 is 10.5 Å². The molecule has 17 heavy (non-hydrogen) atoms. The van der Waals surface area contributed by atoms with Crippen molar-refractivity contribution in [2.75, 3.05) is 7.11 Å². The normalized spacial score (nSPS) is 12.4. The number of aryl methyl sites for hydroxylation is 1. The molecule has 0 aliphatic rings. The van der Waals surface area contributed by atoms with Crippen molar-refractivity contribution in [2.24, 2.45) is 5.73 Å². The van der Waals surface area contributed by atoms with Gasteiger partial charge in [0.15, 0.2) is 0 Å². The van der Waals surface area contributed by atoms with E-state index < -0.39 is 0 Å². The van der Waals surface area contributed by atoms with Gasteiger partial charge in [-0.3, -0.25) is 0 Å². The zero-order valence-corrected chi connectivity index (χ0v) is 10.1. The highest BCUT2D eigenvalue weighted by Crippen LogP contribution is 2.20. The Morgan fingerprint density at radius 1 is 1.35 bits per heavy atom. The number of imidazole rings is 1. The number of aromatic nitrogens is 2. The second kappa shape index (κ2) is 5.01. The van der Waals surface area contributed by atoms with Gasteiger partial charge in [-0.2, -0.15) is 0 Å². The van der Waals surface area contributed by atoms with Crippen LogP contribution in [0.3, 0.4) is 0 Å². The molecule has 0 saturated carbocycles. The first-order valence-electron chi connectivity index (χ1n) is 5.66. The number of methoxy groups -OCH3 is 1. The molecule has 2 N–H and O–H groups in total. The molecule has 1 aromatic carbocycles. The quantitative estimate of drug-likeness (QED) is 0.875. The molecule has 1 aromatic heterocycles. The monoisotopic (exact) mass is 231 g/mol. The van der Waals surface area contributed by atoms with E-state index in [0.717, 1.165) is 23.7 Å². The van der Waals surface area contributed by atoms with Crippen molar-refractivity contribution in [3.63, 3.8) is 0 Å². The summed E-state index contributed by atoms with van der Waals surface area (Å²) in [5.74, 6) is 1.72. The topological polar surface area (TPSA) is 53.1 Å². The highest BCUT2D eigenvalue weighted by molar-refractivity contribution is 5.31. The summed E-state index contributed by atoms with van der Waals surface area (Å²) in [4.78, 5) is 4.31. The first-order valence-corrected chi connectivity index (χ1v) is 5.66. The Hall–Kier alpha value is -1.81. The summed E-state index contributed by atoms with van der Waals surface area (Å²) in [5.41, 5.74) is 7.24. The number of hydrogen-bond acceptors (Lipinski definition) is 3. The number of nitrogens with zero attached hydrogens (tertiary/aromatic N) is 2. The van der Waals surface area contributed by atoms with Crippen LogP contribution in [0.15, 0.2) is 36.7 Å². The Labute approximate surface area is 101 Å². The molecule has 90 valence electrons. The van der Waals surface area contributed by atoms with Gasteiger partial charge in [0.2, 0.25) is 0 Å². The summed E-state index contributed by atoms with van der Waals surface area (Å²) in [5, 5.41) is 0. The molecule has 2 rings (SSSR count). The zero-order chi connectivity index (χ0) is 12.3. The van der Waals surface area contributed by atoms with Gasteiger partial charge >= 0.3 is 0 Å². The molecular formula is C13H17N3O. The molecule has 1 atom stereocenters. The fraction of sp³-hybridized carbons (Fsp3) is 0.308. The second-order valence-corrected chi connectivity index (χ2v) is 3.82. The Kier molecular flexibility index (Phi) is 3.44. The van der Waals surface area contributed by atoms with Gasteiger partial charge in [-0.05, 0) is 24.6 Å². The van der Waals surface area contributed by atoms with E-state index in [1.54, 1.807) is 13.3 Å². The van der Waals surface area contributed by atoms with E-state index in [2.05, 4.69) is 16.5 Å². The first-order chi connectivity index (χ1) is 8.26. The van der Waals surface area contributed by atoms with Crippen LogP contribution in [0.5, 0.6) is 5.75 Å². The molecule has 0 radical (unpaired) electrons. The van der Waals surface area contributed by atoms with Crippen molar-refractivity contribution >= 4 is 0 Å². The van der Waals surface area contributed by atoms with Crippen LogP contribution in [-0.4, -0.2) is 16.7 Å². The van der Waals surface area contributed by atoms with Gasteiger partial charge in [-0.15, -0.1) is 0 Å². The minimum absolute atomic E-state index is 0.198. The van der Waals surface area contributed by atoms with E-state index in [-0.39, 0.29) is 6.04 Å². The van der Waals surface area contributed by atoms with E-state index in [1.165, 1.54) is 0 Å². The van der Waals surface area contributed by atoms with E-state index in [4.69, 9.17) is 10.5 Å². The van der Waals surface area contributed by atoms with Gasteiger partial charge in [-0.1, -0.05) is 12.1 Å². The van der Waals surface area contributed by atoms with E-state index in [0.29, 0.717) is 0 Å². The predicted molar refractivity (Wildman–Crippen MR) is 66.9 cm³/mol. The van der Waals surface area contributed by atoms with E-state index in [1.807, 2.05) is 30.5 Å². The third kappa shape index (κ3) is 2.31. The molecule has 0 fully saturated rings. The fourth-order valence-electron chi connectivity index (χ4n) is 1.83. The van der Waals surface area contributed by atoms with Crippen LogP contribution in [0.1, 0.15) is 24.4 Å². The van der Waals surface area contributed by atoms with Gasteiger partial charge in [0.25, 0.3) is 0 Å². The zero-order valence-electron chi connectivity index (χ0n) is 10.1. The van der Waals surface area contributed by atoms with Crippen LogP contribution in [-0.2, 0) is 6.54 Å². The highest BCUT2D eigenvalue weighted by atomic mass is 16.5. The maximum Gasteiger partial charge on any atom is 0.130 e. The number of ether oxygens (including phenoxy) is 1. The summed E-state index contributed by atoms with van der Waals surface area (Å²) < 4.78 is 7.17. The third-order valence-corrected chi connectivity index (χ3v) is 2.84. The Balaban J connectivity index is 2.27. The van der Waals surface area contributed by atoms with Crippen LogP contribution in [0.25, 0.3) is 0 Å². The predicted octanol–water partition coefficient (Wildman–Crippen LogP) is 1.96. The van der Waals surface area contributed by atoms with Crippen molar-refractivity contribution < 1.29 is 4.74 Å². The second-order valence-electron chi connectivity index (χ2n) is 3.82. The largest absolute Gasteiger partial charge is 0.497 e. The number of hydrogen-bond donors (Lipinski definition) is 1. The highest BCUT2D eigenvalue weighted by Gasteiger charge is 2.13. The number of benzene rings is 1. The molecule has 4 heteroatoms. The molecule has 0 bridgehead atoms. The molecule has 4 nitrogen and oxygen atoms in total. The lowest BCUT2D eigenvalue weighted by Crippen LogP contribution is -2.17. The van der Waals surface area contributed by atoms with Gasteiger partial charge in [0, 0.05) is 18.9 Å². The van der Waals surface area contributed by atoms with Crippen molar-refractivity contribution in [2.45, 2.75) is 19.5 Å². The van der Waals surface area contributed by atoms with Gasteiger partial charge < -0.3 is 15.0 Å². The molecule has 1 heterocycles. The molecule has 0 aliphatic carbocycles. The van der Waals surface area contributed by atoms with Crippen LogP contribution in [0.4, 0.5) is 0 Å². The van der Waals surface area contributed by atoms with Crippen LogP contribution in [0.2, 0.25) is 0 Å². The summed E-state index contributed by atoms with van der Waals surface area (Å²) in [7, 11) is 1.65. The van der Waals surface area contributed by atoms with Crippen molar-refractivity contribution in [1.82, 2.24) is 9.55 Å². The average molecular weight is 231 g/mol. The molecular weight excluding hydrogens is 214 g/mol. The summed E-state index contributed by atoms with van der Waals surface area (Å²) >= 11 is 0. The average Bonchev–Trinajstić information content (AvgIpc) is 2.86. The van der Waals surface area contributed by atoms with Crippen molar-refractivity contribution in [1.29, 1.82) is 0 Å². The summed E-state index contributed by atoms with van der Waals surface area (Å²) in [6, 6.07) is 7.56. The Morgan fingerprint density at radius 3 is 2.65 bits per heavy atom.